The summed E-state index contributed by atoms with van der Waals surface area (Å²) < 4.78 is 4.91. The summed E-state index contributed by atoms with van der Waals surface area (Å²) in [5, 5.41) is 6.03. The molecule has 0 radical (unpaired) electrons. The van der Waals surface area contributed by atoms with Crippen molar-refractivity contribution in [1.82, 2.24) is 15.5 Å². The average Bonchev–Trinajstić information content (AvgIpc) is 2.75. The van der Waals surface area contributed by atoms with Crippen LogP contribution in [0.4, 0.5) is 0 Å². The third-order valence-corrected chi connectivity index (χ3v) is 3.39. The molecule has 0 aliphatic carbocycles. The number of hydrogen-bond acceptors (Lipinski definition) is 4. The predicted octanol–water partition coefficient (Wildman–Crippen LogP) is -0.0144. The molecule has 0 spiro atoms. The monoisotopic (exact) mass is 285 g/mol. The summed E-state index contributed by atoms with van der Waals surface area (Å²) in [5.74, 6) is -0.185. The fourth-order valence-corrected chi connectivity index (χ4v) is 2.25. The fourth-order valence-electron chi connectivity index (χ4n) is 2.25. The van der Waals surface area contributed by atoms with Gasteiger partial charge < -0.3 is 20.3 Å². The molecule has 6 nitrogen and oxygen atoms in total. The van der Waals surface area contributed by atoms with Gasteiger partial charge in [-0.2, -0.15) is 0 Å². The van der Waals surface area contributed by atoms with E-state index in [0.717, 1.165) is 6.54 Å². The number of rotatable bonds is 7. The van der Waals surface area contributed by atoms with Gasteiger partial charge in [-0.15, -0.1) is 0 Å². The van der Waals surface area contributed by atoms with Gasteiger partial charge in [-0.1, -0.05) is 0 Å². The maximum absolute atomic E-state index is 12.0. The molecule has 1 unspecified atom stereocenters. The van der Waals surface area contributed by atoms with Gasteiger partial charge in [-0.05, 0) is 20.8 Å². The number of ether oxygens (including phenoxy) is 1. The molecule has 1 saturated heterocycles. The van der Waals surface area contributed by atoms with E-state index in [9.17, 15) is 9.59 Å². The van der Waals surface area contributed by atoms with Crippen molar-refractivity contribution in [1.29, 1.82) is 0 Å². The normalized spacial score (nSPS) is 19.5. The lowest BCUT2D eigenvalue weighted by Crippen LogP contribution is -2.43. The Labute approximate surface area is 121 Å². The highest BCUT2D eigenvalue weighted by atomic mass is 16.5. The van der Waals surface area contributed by atoms with Gasteiger partial charge in [-0.3, -0.25) is 9.59 Å². The van der Waals surface area contributed by atoms with E-state index < -0.39 is 0 Å². The van der Waals surface area contributed by atoms with Gasteiger partial charge in [0.25, 0.3) is 0 Å². The van der Waals surface area contributed by atoms with Gasteiger partial charge >= 0.3 is 0 Å². The number of hydrogen-bond donors (Lipinski definition) is 2. The molecule has 0 aromatic rings. The lowest BCUT2D eigenvalue weighted by Gasteiger charge is -2.31. The van der Waals surface area contributed by atoms with Crippen LogP contribution in [0.15, 0.2) is 0 Å². The summed E-state index contributed by atoms with van der Waals surface area (Å²) >= 11 is 0. The van der Waals surface area contributed by atoms with E-state index in [1.807, 2.05) is 20.8 Å². The number of likely N-dealkylation sites (tertiary alicyclic amines) is 1. The number of amides is 2. The molecule has 0 saturated carbocycles. The fraction of sp³-hybridized carbons (Fsp3) is 0.857. The van der Waals surface area contributed by atoms with E-state index in [2.05, 4.69) is 10.6 Å². The number of carbonyl (C=O) groups excluding carboxylic acids is 2. The maximum atomic E-state index is 12.0. The van der Waals surface area contributed by atoms with Gasteiger partial charge in [0.1, 0.15) is 0 Å². The van der Waals surface area contributed by atoms with E-state index >= 15 is 0 Å². The second-order valence-electron chi connectivity index (χ2n) is 6.11. The molecule has 1 atom stereocenters. The van der Waals surface area contributed by atoms with E-state index in [0.29, 0.717) is 32.7 Å². The Morgan fingerprint density at radius 2 is 2.05 bits per heavy atom. The Hall–Kier alpha value is -1.14. The zero-order valence-corrected chi connectivity index (χ0v) is 13.0. The summed E-state index contributed by atoms with van der Waals surface area (Å²) in [6.07, 6.45) is 0.320. The molecule has 1 heterocycles. The summed E-state index contributed by atoms with van der Waals surface area (Å²) in [6, 6.07) is 0. The molecule has 2 amide bonds. The smallest absolute Gasteiger partial charge is 0.225 e. The van der Waals surface area contributed by atoms with Crippen LogP contribution in [-0.2, 0) is 14.3 Å². The molecule has 6 heteroatoms. The van der Waals surface area contributed by atoms with E-state index in [4.69, 9.17) is 4.74 Å². The summed E-state index contributed by atoms with van der Waals surface area (Å²) in [4.78, 5) is 25.7. The van der Waals surface area contributed by atoms with Crippen molar-refractivity contribution in [3.8, 4) is 0 Å². The minimum absolute atomic E-state index is 0.0290. The summed E-state index contributed by atoms with van der Waals surface area (Å²) in [5.41, 5.74) is -0.214. The molecular formula is C14H27N3O3. The van der Waals surface area contributed by atoms with Crippen LogP contribution in [0.3, 0.4) is 0 Å². The molecule has 2 N–H and O–H groups in total. The van der Waals surface area contributed by atoms with Crippen molar-refractivity contribution in [2.45, 2.75) is 32.7 Å². The van der Waals surface area contributed by atoms with Crippen LogP contribution >= 0.6 is 0 Å². The van der Waals surface area contributed by atoms with Crippen molar-refractivity contribution < 1.29 is 14.3 Å². The van der Waals surface area contributed by atoms with Gasteiger partial charge in [0.15, 0.2) is 0 Å². The molecule has 20 heavy (non-hydrogen) atoms. The Kier molecular flexibility index (Phi) is 6.42. The number of methoxy groups -OCH3 is 1. The first-order valence-corrected chi connectivity index (χ1v) is 7.14. The number of nitrogens with zero attached hydrogens (tertiary/aromatic N) is 1. The molecule has 0 aromatic carbocycles. The molecule has 1 fully saturated rings. The van der Waals surface area contributed by atoms with Crippen molar-refractivity contribution in [3.05, 3.63) is 0 Å². The first-order chi connectivity index (χ1) is 9.36. The van der Waals surface area contributed by atoms with Crippen molar-refractivity contribution in [2.24, 2.45) is 5.92 Å². The van der Waals surface area contributed by atoms with Crippen molar-refractivity contribution >= 4 is 11.8 Å². The second kappa shape index (κ2) is 7.59. The zero-order valence-electron chi connectivity index (χ0n) is 13.0. The quantitative estimate of drug-likeness (QED) is 0.645. The van der Waals surface area contributed by atoms with Crippen LogP contribution in [0.2, 0.25) is 0 Å². The highest BCUT2D eigenvalue weighted by Crippen LogP contribution is 2.25. The lowest BCUT2D eigenvalue weighted by molar-refractivity contribution is -0.132. The minimum Gasteiger partial charge on any atom is -0.383 e. The first kappa shape index (κ1) is 16.9. The summed E-state index contributed by atoms with van der Waals surface area (Å²) in [7, 11) is 1.65. The third kappa shape index (κ3) is 5.09. The topological polar surface area (TPSA) is 70.7 Å². The largest absolute Gasteiger partial charge is 0.383 e. The van der Waals surface area contributed by atoms with Crippen LogP contribution in [0, 0.1) is 5.92 Å². The van der Waals surface area contributed by atoms with E-state index in [1.165, 1.54) is 0 Å². The second-order valence-corrected chi connectivity index (χ2v) is 6.11. The number of carbonyl (C=O) groups is 2. The highest BCUT2D eigenvalue weighted by molar-refractivity contribution is 5.89. The Morgan fingerprint density at radius 3 is 2.60 bits per heavy atom. The molecule has 116 valence electrons. The molecule has 1 aliphatic rings. The molecule has 1 rings (SSSR count). The van der Waals surface area contributed by atoms with E-state index in [1.54, 1.807) is 12.0 Å². The number of nitrogens with one attached hydrogen (secondary N) is 2. The molecule has 0 aromatic heterocycles. The van der Waals surface area contributed by atoms with E-state index in [-0.39, 0.29) is 23.3 Å². The van der Waals surface area contributed by atoms with Crippen LogP contribution in [-0.4, -0.2) is 62.1 Å². The third-order valence-electron chi connectivity index (χ3n) is 3.39. The zero-order chi connectivity index (χ0) is 15.2. The first-order valence-electron chi connectivity index (χ1n) is 7.14. The van der Waals surface area contributed by atoms with Gasteiger partial charge in [0.2, 0.25) is 11.8 Å². The Bertz CT molecular complexity index is 339. The predicted molar refractivity (Wildman–Crippen MR) is 77.3 cm³/mol. The van der Waals surface area contributed by atoms with Crippen molar-refractivity contribution in [2.75, 3.05) is 39.9 Å². The van der Waals surface area contributed by atoms with Gasteiger partial charge in [-0.25, -0.2) is 0 Å². The average molecular weight is 285 g/mol. The minimum atomic E-state index is -0.222. The molecule has 0 bridgehead atoms. The molecular weight excluding hydrogens is 258 g/mol. The van der Waals surface area contributed by atoms with Gasteiger partial charge in [0, 0.05) is 45.2 Å². The SMILES string of the molecule is COCCNCCNC(=O)C1CC(=O)N(C(C)(C)C)C1. The van der Waals surface area contributed by atoms with Crippen LogP contribution in [0.25, 0.3) is 0 Å². The lowest BCUT2D eigenvalue weighted by atomic mass is 10.1. The van der Waals surface area contributed by atoms with Crippen LogP contribution in [0.5, 0.6) is 0 Å². The molecule has 1 aliphatic heterocycles. The van der Waals surface area contributed by atoms with Crippen molar-refractivity contribution in [3.63, 3.8) is 0 Å². The maximum Gasteiger partial charge on any atom is 0.225 e. The Morgan fingerprint density at radius 1 is 1.35 bits per heavy atom. The standard InChI is InChI=1S/C14H27N3O3/c1-14(2,3)17-10-11(9-12(17)18)13(19)16-6-5-15-7-8-20-4/h11,15H,5-10H2,1-4H3,(H,16,19). The van der Waals surface area contributed by atoms with Gasteiger partial charge in [0.05, 0.1) is 12.5 Å². The summed E-state index contributed by atoms with van der Waals surface area (Å²) in [6.45, 7) is 9.20. The van der Waals surface area contributed by atoms with Crippen LogP contribution < -0.4 is 10.6 Å². The van der Waals surface area contributed by atoms with Crippen LogP contribution in [0.1, 0.15) is 27.2 Å². The highest BCUT2D eigenvalue weighted by Gasteiger charge is 2.39. The Balaban J connectivity index is 2.26.